The van der Waals surface area contributed by atoms with Crippen molar-refractivity contribution in [2.75, 3.05) is 61.0 Å². The number of nitrogens with one attached hydrogen (secondary N) is 2. The molecule has 1 fully saturated rings. The summed E-state index contributed by atoms with van der Waals surface area (Å²) in [4.78, 5) is 40.3. The average Bonchev–Trinajstić information content (AvgIpc) is 3.47. The van der Waals surface area contributed by atoms with E-state index in [2.05, 4.69) is 10.6 Å². The molecule has 2 amide bonds. The first-order valence-electron chi connectivity index (χ1n) is 13.1. The molecule has 0 unspecified atom stereocenters. The summed E-state index contributed by atoms with van der Waals surface area (Å²) in [6, 6.07) is 14.5. The van der Waals surface area contributed by atoms with Gasteiger partial charge in [0.2, 0.25) is 12.7 Å². The van der Waals surface area contributed by atoms with E-state index >= 15 is 0 Å². The first-order chi connectivity index (χ1) is 20.7. The van der Waals surface area contributed by atoms with Crippen LogP contribution in [0.15, 0.2) is 65.6 Å². The summed E-state index contributed by atoms with van der Waals surface area (Å²) in [7, 11) is 0. The number of nitrogens with zero attached hydrogens (tertiary/aromatic N) is 1. The van der Waals surface area contributed by atoms with Crippen molar-refractivity contribution in [2.24, 2.45) is 0 Å². The number of hydrogen-bond acceptors (Lipinski definition) is 9. The second-order valence-electron chi connectivity index (χ2n) is 9.35. The summed E-state index contributed by atoms with van der Waals surface area (Å²) in [6.07, 6.45) is -4.61. The molecule has 14 heteroatoms. The number of rotatable bonds is 9. The lowest BCUT2D eigenvalue weighted by molar-refractivity contribution is -0.137. The predicted molar refractivity (Wildman–Crippen MR) is 152 cm³/mol. The predicted octanol–water partition coefficient (Wildman–Crippen LogP) is 4.80. The smallest absolute Gasteiger partial charge is 0.416 e. The molecule has 2 aliphatic heterocycles. The Hall–Kier alpha value is -4.43. The fourth-order valence-electron chi connectivity index (χ4n) is 4.36. The molecule has 3 aromatic rings. The van der Waals surface area contributed by atoms with Crippen molar-refractivity contribution in [3.05, 3.63) is 71.8 Å². The number of amides is 2. The Labute approximate surface area is 248 Å². The minimum atomic E-state index is -4.61. The number of carbonyl (C=O) groups excluding carboxylic acids is 3. The first-order valence-corrected chi connectivity index (χ1v) is 14.1. The topological polar surface area (TPSA) is 115 Å². The standard InChI is InChI=1S/C29H26F3N3O7S/c30-29(31,32)18-5-7-22(35-9-11-39-12-10-35)21(13-18)34-26(36)15-40-28(38)20-3-1-2-4-25(20)43-16-27(37)33-19-6-8-23-24(14-19)42-17-41-23/h1-8,13-14H,9-12,15-17H2,(H,33,37)(H,34,36). The monoisotopic (exact) mass is 617 g/mol. The van der Waals surface area contributed by atoms with Gasteiger partial charge in [-0.3, -0.25) is 9.59 Å². The normalized spacial score (nSPS) is 14.3. The van der Waals surface area contributed by atoms with Crippen LogP contribution in [-0.4, -0.2) is 63.2 Å². The molecule has 0 atom stereocenters. The van der Waals surface area contributed by atoms with Crippen molar-refractivity contribution in [3.63, 3.8) is 0 Å². The number of alkyl halides is 3. The van der Waals surface area contributed by atoms with Gasteiger partial charge in [-0.1, -0.05) is 12.1 Å². The van der Waals surface area contributed by atoms with Gasteiger partial charge in [0.15, 0.2) is 18.1 Å². The van der Waals surface area contributed by atoms with Gasteiger partial charge in [-0.05, 0) is 42.5 Å². The van der Waals surface area contributed by atoms with Crippen LogP contribution in [0.25, 0.3) is 0 Å². The Balaban J connectivity index is 1.18. The van der Waals surface area contributed by atoms with Crippen LogP contribution in [0.4, 0.5) is 30.2 Å². The summed E-state index contributed by atoms with van der Waals surface area (Å²) in [5, 5.41) is 5.20. The van der Waals surface area contributed by atoms with Gasteiger partial charge < -0.3 is 34.5 Å². The number of benzene rings is 3. The number of anilines is 3. The Morgan fingerprint density at radius 2 is 1.67 bits per heavy atom. The highest BCUT2D eigenvalue weighted by Gasteiger charge is 2.32. The van der Waals surface area contributed by atoms with Gasteiger partial charge in [-0.25, -0.2) is 4.79 Å². The summed E-state index contributed by atoms with van der Waals surface area (Å²) < 4.78 is 61.2. The molecular weight excluding hydrogens is 591 g/mol. The fourth-order valence-corrected chi connectivity index (χ4v) is 5.20. The molecule has 0 spiro atoms. The second-order valence-corrected chi connectivity index (χ2v) is 10.4. The highest BCUT2D eigenvalue weighted by molar-refractivity contribution is 8.00. The second kappa shape index (κ2) is 13.3. The van der Waals surface area contributed by atoms with Crippen LogP contribution in [0.1, 0.15) is 15.9 Å². The summed E-state index contributed by atoms with van der Waals surface area (Å²) in [5.74, 6) is -0.890. The molecule has 0 bridgehead atoms. The van der Waals surface area contributed by atoms with Gasteiger partial charge in [0.1, 0.15) is 0 Å². The third-order valence-electron chi connectivity index (χ3n) is 6.41. The Morgan fingerprint density at radius 3 is 2.47 bits per heavy atom. The maximum Gasteiger partial charge on any atom is 0.416 e. The molecule has 1 saturated heterocycles. The Bertz CT molecular complexity index is 1510. The Kier molecular flexibility index (Phi) is 9.26. The van der Waals surface area contributed by atoms with E-state index in [1.165, 1.54) is 12.1 Å². The SMILES string of the molecule is O=C(CSc1ccccc1C(=O)OCC(=O)Nc1cc(C(F)(F)F)ccc1N1CCOCC1)Nc1ccc2c(c1)OCO2. The molecule has 0 saturated carbocycles. The molecule has 43 heavy (non-hydrogen) atoms. The maximum absolute atomic E-state index is 13.4. The van der Waals surface area contributed by atoms with Gasteiger partial charge in [0.05, 0.1) is 41.5 Å². The third kappa shape index (κ3) is 7.70. The van der Waals surface area contributed by atoms with Crippen LogP contribution in [0.3, 0.4) is 0 Å². The fraction of sp³-hybridized carbons (Fsp3) is 0.276. The molecule has 2 aliphatic rings. The zero-order valence-electron chi connectivity index (χ0n) is 22.6. The molecule has 3 aromatic carbocycles. The number of fused-ring (bicyclic) bond motifs is 1. The van der Waals surface area contributed by atoms with Gasteiger partial charge in [0.25, 0.3) is 5.91 Å². The molecule has 2 heterocycles. The van der Waals surface area contributed by atoms with E-state index in [0.717, 1.165) is 23.9 Å². The first kappa shape index (κ1) is 30.0. The van der Waals surface area contributed by atoms with Crippen molar-refractivity contribution in [1.82, 2.24) is 0 Å². The third-order valence-corrected chi connectivity index (χ3v) is 7.48. The average molecular weight is 618 g/mol. The summed E-state index contributed by atoms with van der Waals surface area (Å²) >= 11 is 1.10. The zero-order chi connectivity index (χ0) is 30.4. The maximum atomic E-state index is 13.4. The molecule has 0 aromatic heterocycles. The zero-order valence-corrected chi connectivity index (χ0v) is 23.4. The van der Waals surface area contributed by atoms with Gasteiger partial charge in [-0.2, -0.15) is 13.2 Å². The van der Waals surface area contributed by atoms with Crippen LogP contribution in [-0.2, 0) is 25.2 Å². The molecule has 10 nitrogen and oxygen atoms in total. The molecule has 0 aliphatic carbocycles. The quantitative estimate of drug-likeness (QED) is 0.258. The van der Waals surface area contributed by atoms with E-state index in [0.29, 0.717) is 54.1 Å². The molecule has 226 valence electrons. The number of hydrogen-bond donors (Lipinski definition) is 2. The number of carbonyl (C=O) groups is 3. The molecular formula is C29H26F3N3O7S. The van der Waals surface area contributed by atoms with E-state index in [-0.39, 0.29) is 29.7 Å². The van der Waals surface area contributed by atoms with Crippen molar-refractivity contribution in [2.45, 2.75) is 11.1 Å². The minimum Gasteiger partial charge on any atom is -0.454 e. The largest absolute Gasteiger partial charge is 0.454 e. The van der Waals surface area contributed by atoms with E-state index in [4.69, 9.17) is 18.9 Å². The van der Waals surface area contributed by atoms with Crippen LogP contribution < -0.4 is 25.0 Å². The Morgan fingerprint density at radius 1 is 0.907 bits per heavy atom. The van der Waals surface area contributed by atoms with Gasteiger partial charge >= 0.3 is 12.1 Å². The highest BCUT2D eigenvalue weighted by atomic mass is 32.2. The van der Waals surface area contributed by atoms with Crippen LogP contribution in [0.2, 0.25) is 0 Å². The minimum absolute atomic E-state index is 0.0287. The van der Waals surface area contributed by atoms with Crippen LogP contribution in [0, 0.1) is 0 Å². The lowest BCUT2D eigenvalue weighted by Gasteiger charge is -2.31. The molecule has 2 N–H and O–H groups in total. The number of ether oxygens (including phenoxy) is 4. The number of thioether (sulfide) groups is 1. The van der Waals surface area contributed by atoms with E-state index in [9.17, 15) is 27.6 Å². The van der Waals surface area contributed by atoms with Crippen LogP contribution in [0.5, 0.6) is 11.5 Å². The van der Waals surface area contributed by atoms with Crippen molar-refractivity contribution < 1.29 is 46.5 Å². The van der Waals surface area contributed by atoms with Gasteiger partial charge in [0, 0.05) is 29.7 Å². The van der Waals surface area contributed by atoms with Crippen molar-refractivity contribution in [3.8, 4) is 11.5 Å². The van der Waals surface area contributed by atoms with E-state index in [1.807, 2.05) is 0 Å². The molecule has 0 radical (unpaired) electrons. The van der Waals surface area contributed by atoms with Crippen LogP contribution >= 0.6 is 11.8 Å². The highest BCUT2D eigenvalue weighted by Crippen LogP contribution is 2.36. The lowest BCUT2D eigenvalue weighted by Crippen LogP contribution is -2.37. The van der Waals surface area contributed by atoms with E-state index in [1.54, 1.807) is 41.3 Å². The summed E-state index contributed by atoms with van der Waals surface area (Å²) in [5.41, 5.74) is 0.0691. The number of halogens is 3. The van der Waals surface area contributed by atoms with E-state index < -0.39 is 30.2 Å². The van der Waals surface area contributed by atoms with Crippen molar-refractivity contribution >= 4 is 46.6 Å². The molecule has 5 rings (SSSR count). The van der Waals surface area contributed by atoms with Gasteiger partial charge in [-0.15, -0.1) is 11.8 Å². The lowest BCUT2D eigenvalue weighted by atomic mass is 10.1. The number of esters is 1. The summed E-state index contributed by atoms with van der Waals surface area (Å²) in [6.45, 7) is 1.03. The number of morpholine rings is 1. The van der Waals surface area contributed by atoms with Crippen molar-refractivity contribution in [1.29, 1.82) is 0 Å².